The van der Waals surface area contributed by atoms with Crippen molar-refractivity contribution in [2.45, 2.75) is 23.8 Å². The lowest BCUT2D eigenvalue weighted by molar-refractivity contribution is -0.110. The molecule has 1 amide bonds. The molecule has 11 heteroatoms. The molecule has 1 saturated heterocycles. The summed E-state index contributed by atoms with van der Waals surface area (Å²) in [6.45, 7) is 2.30. The molecule has 1 aliphatic rings. The number of thiazole rings is 1. The Morgan fingerprint density at radius 1 is 1.27 bits per heavy atom. The molecule has 1 fully saturated rings. The average Bonchev–Trinajstić information content (AvgIpc) is 3.48. The van der Waals surface area contributed by atoms with E-state index in [-0.39, 0.29) is 11.8 Å². The van der Waals surface area contributed by atoms with Crippen LogP contribution in [-0.4, -0.2) is 64.5 Å². The fourth-order valence-corrected chi connectivity index (χ4v) is 5.22. The summed E-state index contributed by atoms with van der Waals surface area (Å²) in [7, 11) is 0.469. The molecule has 4 rings (SSSR count). The van der Waals surface area contributed by atoms with Gasteiger partial charge in [-0.1, -0.05) is 23.5 Å². The SMILES string of the molecule is COCCCS(=O)c1ccc(C(=N)C(=O)Nc2nc3ccc(O[C@H]4CCNC4)nc3s2)cc1. The van der Waals surface area contributed by atoms with E-state index in [1.165, 1.54) is 11.3 Å². The highest BCUT2D eigenvalue weighted by molar-refractivity contribution is 7.85. The highest BCUT2D eigenvalue weighted by Crippen LogP contribution is 2.27. The Labute approximate surface area is 197 Å². The van der Waals surface area contributed by atoms with Crippen LogP contribution >= 0.6 is 11.3 Å². The first-order valence-corrected chi connectivity index (χ1v) is 12.7. The molecule has 0 bridgehead atoms. The molecule has 2 aromatic heterocycles. The van der Waals surface area contributed by atoms with Crippen molar-refractivity contribution in [3.8, 4) is 5.88 Å². The van der Waals surface area contributed by atoms with Crippen LogP contribution in [0.15, 0.2) is 41.3 Å². The third-order valence-electron chi connectivity index (χ3n) is 5.06. The molecule has 33 heavy (non-hydrogen) atoms. The van der Waals surface area contributed by atoms with Crippen LogP contribution in [0.2, 0.25) is 0 Å². The maximum Gasteiger partial charge on any atom is 0.275 e. The largest absolute Gasteiger partial charge is 0.473 e. The van der Waals surface area contributed by atoms with E-state index >= 15 is 0 Å². The molecule has 1 unspecified atom stereocenters. The number of ether oxygens (including phenoxy) is 2. The minimum Gasteiger partial charge on any atom is -0.473 e. The zero-order valence-corrected chi connectivity index (χ0v) is 19.8. The number of nitrogens with one attached hydrogen (secondary N) is 3. The van der Waals surface area contributed by atoms with Gasteiger partial charge in [0.2, 0.25) is 5.88 Å². The Kier molecular flexibility index (Phi) is 7.76. The molecule has 0 saturated carbocycles. The predicted molar refractivity (Wildman–Crippen MR) is 129 cm³/mol. The number of anilines is 1. The molecule has 3 N–H and O–H groups in total. The van der Waals surface area contributed by atoms with E-state index in [1.807, 2.05) is 6.07 Å². The van der Waals surface area contributed by atoms with Crippen LogP contribution in [-0.2, 0) is 20.3 Å². The van der Waals surface area contributed by atoms with Crippen molar-refractivity contribution in [2.75, 3.05) is 37.9 Å². The van der Waals surface area contributed by atoms with Crippen LogP contribution in [0.1, 0.15) is 18.4 Å². The fraction of sp³-hybridized carbons (Fsp3) is 0.364. The molecule has 0 radical (unpaired) electrons. The minimum atomic E-state index is -1.14. The molecule has 9 nitrogen and oxygen atoms in total. The topological polar surface area (TPSA) is 126 Å². The van der Waals surface area contributed by atoms with Crippen LogP contribution < -0.4 is 15.4 Å². The maximum atomic E-state index is 12.6. The summed E-state index contributed by atoms with van der Waals surface area (Å²) in [5.74, 6) is 0.461. The highest BCUT2D eigenvalue weighted by Gasteiger charge is 2.18. The van der Waals surface area contributed by atoms with Crippen LogP contribution in [0.3, 0.4) is 0 Å². The van der Waals surface area contributed by atoms with Gasteiger partial charge in [-0.3, -0.25) is 19.7 Å². The van der Waals surface area contributed by atoms with Crippen molar-refractivity contribution in [3.63, 3.8) is 0 Å². The first-order valence-electron chi connectivity index (χ1n) is 10.6. The smallest absolute Gasteiger partial charge is 0.275 e. The molecular weight excluding hydrogens is 462 g/mol. The van der Waals surface area contributed by atoms with E-state index in [4.69, 9.17) is 14.9 Å². The van der Waals surface area contributed by atoms with E-state index in [0.29, 0.717) is 50.6 Å². The maximum absolute atomic E-state index is 12.6. The number of nitrogens with zero attached hydrogens (tertiary/aromatic N) is 2. The quantitative estimate of drug-likeness (QED) is 0.296. The van der Waals surface area contributed by atoms with Gasteiger partial charge in [-0.15, -0.1) is 0 Å². The van der Waals surface area contributed by atoms with Gasteiger partial charge in [-0.05, 0) is 37.6 Å². The summed E-state index contributed by atoms with van der Waals surface area (Å²) < 4.78 is 23.1. The minimum absolute atomic E-state index is 0.108. The highest BCUT2D eigenvalue weighted by atomic mass is 32.2. The Morgan fingerprint density at radius 2 is 2.09 bits per heavy atom. The molecular formula is C22H25N5O4S2. The lowest BCUT2D eigenvalue weighted by Gasteiger charge is -2.10. The molecule has 174 valence electrons. The number of amides is 1. The van der Waals surface area contributed by atoms with Crippen molar-refractivity contribution >= 4 is 49.2 Å². The zero-order valence-electron chi connectivity index (χ0n) is 18.1. The molecule has 3 heterocycles. The number of methoxy groups -OCH3 is 1. The molecule has 0 aliphatic carbocycles. The van der Waals surface area contributed by atoms with Crippen LogP contribution in [0.25, 0.3) is 10.3 Å². The lowest BCUT2D eigenvalue weighted by Crippen LogP contribution is -2.22. The lowest BCUT2D eigenvalue weighted by atomic mass is 10.1. The number of pyridine rings is 1. The van der Waals surface area contributed by atoms with E-state index < -0.39 is 16.7 Å². The van der Waals surface area contributed by atoms with Crippen molar-refractivity contribution in [1.82, 2.24) is 15.3 Å². The summed E-state index contributed by atoms with van der Waals surface area (Å²) in [4.78, 5) is 22.8. The van der Waals surface area contributed by atoms with Crippen molar-refractivity contribution in [1.29, 1.82) is 5.41 Å². The second kappa shape index (κ2) is 10.9. The molecule has 1 aliphatic heterocycles. The first-order chi connectivity index (χ1) is 16.0. The van der Waals surface area contributed by atoms with Gasteiger partial charge in [0, 0.05) is 42.5 Å². The second-order valence-electron chi connectivity index (χ2n) is 7.47. The van der Waals surface area contributed by atoms with Crippen LogP contribution in [0.5, 0.6) is 5.88 Å². The Morgan fingerprint density at radius 3 is 2.82 bits per heavy atom. The number of carbonyl (C=O) groups is 1. The van der Waals surface area contributed by atoms with Gasteiger partial charge < -0.3 is 14.8 Å². The van der Waals surface area contributed by atoms with E-state index in [2.05, 4.69) is 20.6 Å². The Bertz CT molecular complexity index is 1160. The zero-order chi connectivity index (χ0) is 23.2. The molecule has 3 aromatic rings. The van der Waals surface area contributed by atoms with Gasteiger partial charge >= 0.3 is 0 Å². The fourth-order valence-electron chi connectivity index (χ4n) is 3.34. The van der Waals surface area contributed by atoms with Gasteiger partial charge in [0.25, 0.3) is 5.91 Å². The summed E-state index contributed by atoms with van der Waals surface area (Å²) in [5.41, 5.74) is 0.890. The number of hydrogen-bond donors (Lipinski definition) is 3. The van der Waals surface area contributed by atoms with E-state index in [0.717, 1.165) is 19.5 Å². The van der Waals surface area contributed by atoms with Crippen LogP contribution in [0.4, 0.5) is 5.13 Å². The number of fused-ring (bicyclic) bond motifs is 1. The number of rotatable bonds is 10. The van der Waals surface area contributed by atoms with Gasteiger partial charge in [-0.2, -0.15) is 0 Å². The second-order valence-corrected chi connectivity index (χ2v) is 10.0. The number of aromatic nitrogens is 2. The number of carbonyl (C=O) groups excluding carboxylic acids is 1. The van der Waals surface area contributed by atoms with Gasteiger partial charge in [0.05, 0.1) is 10.8 Å². The van der Waals surface area contributed by atoms with Crippen molar-refractivity contribution in [2.24, 2.45) is 0 Å². The summed E-state index contributed by atoms with van der Waals surface area (Å²) in [6, 6.07) is 10.2. The number of hydrogen-bond acceptors (Lipinski definition) is 9. The summed E-state index contributed by atoms with van der Waals surface area (Å²) >= 11 is 1.23. The Hall–Kier alpha value is -2.73. The molecule has 2 atom stereocenters. The van der Waals surface area contributed by atoms with Crippen molar-refractivity contribution in [3.05, 3.63) is 42.0 Å². The van der Waals surface area contributed by atoms with E-state index in [1.54, 1.807) is 37.4 Å². The number of benzene rings is 1. The monoisotopic (exact) mass is 487 g/mol. The standard InChI is InChI=1S/C22H25N5O4S2/c1-30-11-2-12-33(29)16-5-3-14(4-6-16)19(23)20(28)27-22-25-17-7-8-18(26-21(17)32-22)31-15-9-10-24-13-15/h3-8,15,23-24H,2,9-13H2,1H3,(H,25,27,28)/t15-,33?/m0/s1. The Balaban J connectivity index is 1.37. The molecule has 1 aromatic carbocycles. The normalized spacial score (nSPS) is 16.6. The van der Waals surface area contributed by atoms with Gasteiger partial charge in [0.15, 0.2) is 5.13 Å². The van der Waals surface area contributed by atoms with Gasteiger partial charge in [-0.25, -0.2) is 9.97 Å². The first kappa shape index (κ1) is 23.4. The summed E-state index contributed by atoms with van der Waals surface area (Å²) in [5, 5.41) is 14.5. The van der Waals surface area contributed by atoms with Crippen molar-refractivity contribution < 1.29 is 18.5 Å². The van der Waals surface area contributed by atoms with E-state index in [9.17, 15) is 9.00 Å². The average molecular weight is 488 g/mol. The molecule has 0 spiro atoms. The summed E-state index contributed by atoms with van der Waals surface area (Å²) in [6.07, 6.45) is 1.75. The van der Waals surface area contributed by atoms with Gasteiger partial charge in [0.1, 0.15) is 22.2 Å². The third kappa shape index (κ3) is 5.99. The predicted octanol–water partition coefficient (Wildman–Crippen LogP) is 2.58. The third-order valence-corrected chi connectivity index (χ3v) is 7.40. The van der Waals surface area contributed by atoms with Crippen LogP contribution in [0, 0.1) is 5.41 Å².